The molecule has 0 aliphatic rings. The summed E-state index contributed by atoms with van der Waals surface area (Å²) in [5.41, 5.74) is 0.455. The largest absolute Gasteiger partial charge is 0.444 e. The molecule has 0 aliphatic heterocycles. The van der Waals surface area contributed by atoms with Crippen molar-refractivity contribution in [1.82, 2.24) is 20.2 Å². The van der Waals surface area contributed by atoms with Crippen molar-refractivity contribution in [3.63, 3.8) is 0 Å². The van der Waals surface area contributed by atoms with Crippen molar-refractivity contribution < 1.29 is 9.53 Å². The van der Waals surface area contributed by atoms with Gasteiger partial charge in [0.15, 0.2) is 0 Å². The fourth-order valence-electron chi connectivity index (χ4n) is 1.04. The summed E-state index contributed by atoms with van der Waals surface area (Å²) in [5, 5.41) is 11.6. The molecule has 0 atom stereocenters. The Morgan fingerprint density at radius 1 is 1.47 bits per heavy atom. The lowest BCUT2D eigenvalue weighted by molar-refractivity contribution is 0.0528. The van der Waals surface area contributed by atoms with E-state index in [-0.39, 0.29) is 0 Å². The summed E-state index contributed by atoms with van der Waals surface area (Å²) in [4.78, 5) is 11.3. The number of amides is 1. The zero-order valence-electron chi connectivity index (χ0n) is 10.3. The highest BCUT2D eigenvalue weighted by Crippen LogP contribution is 2.05. The molecule has 0 spiro atoms. The van der Waals surface area contributed by atoms with E-state index in [0.717, 1.165) is 5.69 Å². The van der Waals surface area contributed by atoms with Gasteiger partial charge in [-0.1, -0.05) is 4.49 Å². The number of ether oxygens (including phenoxy) is 1. The quantitative estimate of drug-likeness (QED) is 0.775. The van der Waals surface area contributed by atoms with Crippen molar-refractivity contribution in [3.8, 4) is 0 Å². The normalized spacial score (nSPS) is 11.2. The Morgan fingerprint density at radius 3 is 2.82 bits per heavy atom. The van der Waals surface area contributed by atoms with Crippen molar-refractivity contribution in [1.29, 1.82) is 0 Å². The predicted octanol–water partition coefficient (Wildman–Crippen LogP) is 1.15. The molecule has 0 aromatic carbocycles. The summed E-state index contributed by atoms with van der Waals surface area (Å²) in [6.07, 6.45) is -0.394. The van der Waals surface area contributed by atoms with Crippen LogP contribution in [0.4, 0.5) is 4.79 Å². The summed E-state index contributed by atoms with van der Waals surface area (Å²) < 4.78 is 8.84. The van der Waals surface area contributed by atoms with Crippen LogP contribution in [0.15, 0.2) is 5.38 Å². The number of carbonyl (C=O) groups is 1. The van der Waals surface area contributed by atoms with Gasteiger partial charge >= 0.3 is 6.09 Å². The van der Waals surface area contributed by atoms with E-state index in [4.69, 9.17) is 4.74 Å². The third kappa shape index (κ3) is 6.85. The Kier molecular flexibility index (Phi) is 5.30. The lowest BCUT2D eigenvalue weighted by Crippen LogP contribution is -2.36. The van der Waals surface area contributed by atoms with E-state index < -0.39 is 11.7 Å². The standard InChI is InChI=1S/C10H18N4O2S/c1-10(2,3)16-9(15)12-5-4-11-6-8-7-17-14-13-8/h7,11H,4-6H2,1-3H3,(H,12,15). The predicted molar refractivity (Wildman–Crippen MR) is 65.9 cm³/mol. The molecule has 17 heavy (non-hydrogen) atoms. The van der Waals surface area contributed by atoms with Crippen LogP contribution in [0.5, 0.6) is 0 Å². The van der Waals surface area contributed by atoms with Crippen LogP contribution in [0, 0.1) is 0 Å². The van der Waals surface area contributed by atoms with Crippen LogP contribution in [-0.2, 0) is 11.3 Å². The average molecular weight is 258 g/mol. The Labute approximate surface area is 105 Å². The van der Waals surface area contributed by atoms with Gasteiger partial charge in [-0.3, -0.25) is 0 Å². The molecule has 0 saturated heterocycles. The lowest BCUT2D eigenvalue weighted by Gasteiger charge is -2.19. The van der Waals surface area contributed by atoms with Crippen LogP contribution in [-0.4, -0.2) is 34.4 Å². The van der Waals surface area contributed by atoms with Crippen LogP contribution in [0.3, 0.4) is 0 Å². The lowest BCUT2D eigenvalue weighted by atomic mass is 10.2. The number of hydrogen-bond acceptors (Lipinski definition) is 6. The number of rotatable bonds is 5. The zero-order chi connectivity index (χ0) is 12.7. The minimum absolute atomic E-state index is 0.394. The summed E-state index contributed by atoms with van der Waals surface area (Å²) in [6, 6.07) is 0. The van der Waals surface area contributed by atoms with Crippen LogP contribution >= 0.6 is 11.5 Å². The number of nitrogens with one attached hydrogen (secondary N) is 2. The van der Waals surface area contributed by atoms with Gasteiger partial charge in [0.25, 0.3) is 0 Å². The van der Waals surface area contributed by atoms with E-state index in [1.54, 1.807) is 0 Å². The van der Waals surface area contributed by atoms with Crippen LogP contribution in [0.25, 0.3) is 0 Å². The van der Waals surface area contributed by atoms with Crippen molar-refractivity contribution in [2.75, 3.05) is 13.1 Å². The smallest absolute Gasteiger partial charge is 0.407 e. The van der Waals surface area contributed by atoms with Gasteiger partial charge in [0.05, 0.1) is 5.69 Å². The van der Waals surface area contributed by atoms with Crippen LogP contribution < -0.4 is 10.6 Å². The zero-order valence-corrected chi connectivity index (χ0v) is 11.1. The number of carbonyl (C=O) groups excluding carboxylic acids is 1. The Hall–Kier alpha value is -1.21. The van der Waals surface area contributed by atoms with E-state index in [2.05, 4.69) is 20.2 Å². The molecule has 1 rings (SSSR count). The van der Waals surface area contributed by atoms with Crippen LogP contribution in [0.2, 0.25) is 0 Å². The van der Waals surface area contributed by atoms with E-state index in [0.29, 0.717) is 19.6 Å². The molecule has 1 heterocycles. The molecule has 1 amide bonds. The third-order valence-electron chi connectivity index (χ3n) is 1.68. The molecule has 0 bridgehead atoms. The number of hydrogen-bond donors (Lipinski definition) is 2. The van der Waals surface area contributed by atoms with E-state index in [1.807, 2.05) is 26.2 Å². The molecular formula is C10H18N4O2S. The van der Waals surface area contributed by atoms with Crippen molar-refractivity contribution in [2.45, 2.75) is 32.9 Å². The van der Waals surface area contributed by atoms with Gasteiger partial charge < -0.3 is 15.4 Å². The summed E-state index contributed by atoms with van der Waals surface area (Å²) >= 11 is 1.32. The maximum atomic E-state index is 11.3. The molecule has 0 unspecified atom stereocenters. The molecule has 6 nitrogen and oxygen atoms in total. The number of aromatic nitrogens is 2. The first-order chi connectivity index (χ1) is 7.97. The first-order valence-electron chi connectivity index (χ1n) is 5.41. The van der Waals surface area contributed by atoms with Crippen LogP contribution in [0.1, 0.15) is 26.5 Å². The summed E-state index contributed by atoms with van der Waals surface area (Å²) in [6.45, 7) is 7.34. The molecule has 2 N–H and O–H groups in total. The second-order valence-corrected chi connectivity index (χ2v) is 5.11. The fourth-order valence-corrected chi connectivity index (χ4v) is 1.50. The molecule has 96 valence electrons. The molecule has 0 radical (unpaired) electrons. The first-order valence-corrected chi connectivity index (χ1v) is 6.24. The number of nitrogens with zero attached hydrogens (tertiary/aromatic N) is 2. The highest BCUT2D eigenvalue weighted by molar-refractivity contribution is 7.03. The van der Waals surface area contributed by atoms with Crippen molar-refractivity contribution in [3.05, 3.63) is 11.1 Å². The summed E-state index contributed by atoms with van der Waals surface area (Å²) in [7, 11) is 0. The minimum Gasteiger partial charge on any atom is -0.444 e. The minimum atomic E-state index is -0.455. The molecule has 0 aliphatic carbocycles. The Bertz CT molecular complexity index is 335. The molecule has 1 aromatic rings. The van der Waals surface area contributed by atoms with Gasteiger partial charge in [0.2, 0.25) is 0 Å². The van der Waals surface area contributed by atoms with Crippen molar-refractivity contribution >= 4 is 17.6 Å². The SMILES string of the molecule is CC(C)(C)OC(=O)NCCNCc1csnn1. The van der Waals surface area contributed by atoms with Crippen molar-refractivity contribution in [2.24, 2.45) is 0 Å². The summed E-state index contributed by atoms with van der Waals surface area (Å²) in [5.74, 6) is 0. The second kappa shape index (κ2) is 6.51. The average Bonchev–Trinajstić information content (AvgIpc) is 2.67. The molecule has 7 heteroatoms. The monoisotopic (exact) mass is 258 g/mol. The van der Waals surface area contributed by atoms with Gasteiger partial charge in [0, 0.05) is 25.0 Å². The topological polar surface area (TPSA) is 76.1 Å². The van der Waals surface area contributed by atoms with Gasteiger partial charge in [-0.05, 0) is 32.3 Å². The third-order valence-corrected chi connectivity index (χ3v) is 2.23. The van der Waals surface area contributed by atoms with E-state index in [9.17, 15) is 4.79 Å². The first kappa shape index (κ1) is 13.9. The maximum absolute atomic E-state index is 11.3. The van der Waals surface area contributed by atoms with E-state index >= 15 is 0 Å². The van der Waals surface area contributed by atoms with Gasteiger partial charge in [-0.25, -0.2) is 4.79 Å². The van der Waals surface area contributed by atoms with Gasteiger partial charge in [-0.2, -0.15) is 0 Å². The Morgan fingerprint density at radius 2 is 2.24 bits per heavy atom. The van der Waals surface area contributed by atoms with Gasteiger partial charge in [0.1, 0.15) is 5.60 Å². The maximum Gasteiger partial charge on any atom is 0.407 e. The Balaban J connectivity index is 2.02. The highest BCUT2D eigenvalue weighted by Gasteiger charge is 2.15. The molecular weight excluding hydrogens is 240 g/mol. The van der Waals surface area contributed by atoms with E-state index in [1.165, 1.54) is 11.5 Å². The molecule has 0 saturated carbocycles. The molecule has 1 aromatic heterocycles. The second-order valence-electron chi connectivity index (χ2n) is 4.50. The highest BCUT2D eigenvalue weighted by atomic mass is 32.1. The van der Waals surface area contributed by atoms with Gasteiger partial charge in [-0.15, -0.1) is 5.10 Å². The fraction of sp³-hybridized carbons (Fsp3) is 0.700. The number of alkyl carbamates (subject to hydrolysis) is 1. The molecule has 0 fully saturated rings.